The van der Waals surface area contributed by atoms with Crippen molar-refractivity contribution in [2.45, 2.75) is 27.0 Å². The van der Waals surface area contributed by atoms with E-state index in [0.717, 1.165) is 5.56 Å². The number of aliphatic hydroxyl groups is 1. The zero-order chi connectivity index (χ0) is 9.14. The van der Waals surface area contributed by atoms with Crippen LogP contribution in [0.25, 0.3) is 0 Å². The fourth-order valence-electron chi connectivity index (χ4n) is 1.50. The third-order valence-electron chi connectivity index (χ3n) is 2.14. The predicted molar refractivity (Wildman–Crippen MR) is 49.7 cm³/mol. The molecular weight excluding hydrogens is 150 g/mol. The van der Waals surface area contributed by atoms with Gasteiger partial charge in [-0.1, -0.05) is 12.1 Å². The minimum Gasteiger partial charge on any atom is -0.392 e. The first-order valence-corrected chi connectivity index (χ1v) is 4.09. The van der Waals surface area contributed by atoms with Crippen molar-refractivity contribution in [1.82, 2.24) is 0 Å². The third kappa shape index (κ3) is 1.65. The zero-order valence-electron chi connectivity index (χ0n) is 7.59. The van der Waals surface area contributed by atoms with Gasteiger partial charge in [0.15, 0.2) is 0 Å². The molecule has 0 aliphatic carbocycles. The number of benzene rings is 1. The lowest BCUT2D eigenvalue weighted by Gasteiger charge is -2.09. The van der Waals surface area contributed by atoms with Crippen LogP contribution in [0.3, 0.4) is 0 Å². The van der Waals surface area contributed by atoms with Gasteiger partial charge in [-0.15, -0.1) is 0 Å². The van der Waals surface area contributed by atoms with Gasteiger partial charge in [-0.05, 0) is 36.1 Å². The maximum Gasteiger partial charge on any atom is 0.0682 e. The van der Waals surface area contributed by atoms with Crippen molar-refractivity contribution in [3.05, 3.63) is 34.4 Å². The van der Waals surface area contributed by atoms with E-state index < -0.39 is 0 Å². The van der Waals surface area contributed by atoms with E-state index >= 15 is 0 Å². The van der Waals surface area contributed by atoms with E-state index in [4.69, 9.17) is 10.8 Å². The van der Waals surface area contributed by atoms with Gasteiger partial charge < -0.3 is 10.8 Å². The first-order valence-electron chi connectivity index (χ1n) is 4.09. The largest absolute Gasteiger partial charge is 0.392 e. The van der Waals surface area contributed by atoms with E-state index in [2.05, 4.69) is 0 Å². The molecule has 0 radical (unpaired) electrons. The summed E-state index contributed by atoms with van der Waals surface area (Å²) in [5.74, 6) is 0. The van der Waals surface area contributed by atoms with Crippen molar-refractivity contribution in [1.29, 1.82) is 0 Å². The number of hydrogen-bond donors (Lipinski definition) is 2. The smallest absolute Gasteiger partial charge is 0.0682 e. The van der Waals surface area contributed by atoms with Crippen molar-refractivity contribution in [2.75, 3.05) is 0 Å². The van der Waals surface area contributed by atoms with Gasteiger partial charge in [-0.2, -0.15) is 0 Å². The fraction of sp³-hybridized carbons (Fsp3) is 0.400. The van der Waals surface area contributed by atoms with E-state index in [1.165, 1.54) is 16.7 Å². The average Bonchev–Trinajstić information content (AvgIpc) is 2.03. The molecule has 0 bridgehead atoms. The Labute approximate surface area is 73.0 Å². The van der Waals surface area contributed by atoms with Gasteiger partial charge in [-0.3, -0.25) is 0 Å². The highest BCUT2D eigenvalue weighted by Gasteiger charge is 2.02. The van der Waals surface area contributed by atoms with Gasteiger partial charge in [0, 0.05) is 6.54 Å². The molecule has 1 aromatic rings. The summed E-state index contributed by atoms with van der Waals surface area (Å²) in [5, 5.41) is 8.92. The molecule has 1 rings (SSSR count). The Balaban J connectivity index is 3.18. The maximum absolute atomic E-state index is 8.92. The van der Waals surface area contributed by atoms with Gasteiger partial charge in [-0.25, -0.2) is 0 Å². The second kappa shape index (κ2) is 3.70. The minimum atomic E-state index is 0.104. The fourth-order valence-corrected chi connectivity index (χ4v) is 1.50. The first kappa shape index (κ1) is 9.23. The van der Waals surface area contributed by atoms with Gasteiger partial charge in [0.05, 0.1) is 6.61 Å². The van der Waals surface area contributed by atoms with Crippen molar-refractivity contribution < 1.29 is 5.11 Å². The highest BCUT2D eigenvalue weighted by molar-refractivity contribution is 5.37. The van der Waals surface area contributed by atoms with Gasteiger partial charge in [0.25, 0.3) is 0 Å². The second-order valence-electron chi connectivity index (χ2n) is 3.07. The summed E-state index contributed by atoms with van der Waals surface area (Å²) >= 11 is 0. The SMILES string of the molecule is Cc1cc(CO)cc(C)c1CN. The second-order valence-corrected chi connectivity index (χ2v) is 3.07. The number of hydrogen-bond acceptors (Lipinski definition) is 2. The number of nitrogens with two attached hydrogens (primary N) is 1. The molecule has 0 atom stereocenters. The normalized spacial score (nSPS) is 10.3. The van der Waals surface area contributed by atoms with Gasteiger partial charge in [0.1, 0.15) is 0 Å². The van der Waals surface area contributed by atoms with Crippen LogP contribution in [0.1, 0.15) is 22.3 Å². The van der Waals surface area contributed by atoms with E-state index in [1.807, 2.05) is 26.0 Å². The van der Waals surface area contributed by atoms with Gasteiger partial charge in [0.2, 0.25) is 0 Å². The molecule has 0 heterocycles. The van der Waals surface area contributed by atoms with Crippen molar-refractivity contribution >= 4 is 0 Å². The molecule has 0 unspecified atom stereocenters. The highest BCUT2D eigenvalue weighted by Crippen LogP contribution is 2.15. The number of aryl methyl sites for hydroxylation is 2. The lowest BCUT2D eigenvalue weighted by Crippen LogP contribution is -2.03. The standard InChI is InChI=1S/C10H15NO/c1-7-3-9(6-12)4-8(2)10(7)5-11/h3-4,12H,5-6,11H2,1-2H3. The zero-order valence-corrected chi connectivity index (χ0v) is 7.59. The van der Waals surface area contributed by atoms with Crippen LogP contribution in [-0.2, 0) is 13.2 Å². The Hall–Kier alpha value is -0.860. The molecule has 0 amide bonds. The molecule has 0 saturated heterocycles. The summed E-state index contributed by atoms with van der Waals surface area (Å²) in [5.41, 5.74) is 10.1. The summed E-state index contributed by atoms with van der Waals surface area (Å²) in [6.45, 7) is 4.72. The minimum absolute atomic E-state index is 0.104. The molecule has 0 aromatic heterocycles. The van der Waals surface area contributed by atoms with Crippen LogP contribution in [0.4, 0.5) is 0 Å². The lowest BCUT2D eigenvalue weighted by molar-refractivity contribution is 0.281. The molecule has 0 fully saturated rings. The Morgan fingerprint density at radius 3 is 2.08 bits per heavy atom. The Morgan fingerprint density at radius 2 is 1.75 bits per heavy atom. The van der Waals surface area contributed by atoms with Crippen LogP contribution in [0.15, 0.2) is 12.1 Å². The van der Waals surface area contributed by atoms with Crippen LogP contribution in [0.2, 0.25) is 0 Å². The summed E-state index contributed by atoms with van der Waals surface area (Å²) < 4.78 is 0. The monoisotopic (exact) mass is 165 g/mol. The summed E-state index contributed by atoms with van der Waals surface area (Å²) in [6.07, 6.45) is 0. The molecule has 0 saturated carbocycles. The lowest BCUT2D eigenvalue weighted by atomic mass is 10.00. The molecular formula is C10H15NO. The number of aliphatic hydroxyl groups excluding tert-OH is 1. The Kier molecular flexibility index (Phi) is 2.84. The van der Waals surface area contributed by atoms with Crippen LogP contribution in [0.5, 0.6) is 0 Å². The van der Waals surface area contributed by atoms with Crippen LogP contribution >= 0.6 is 0 Å². The third-order valence-corrected chi connectivity index (χ3v) is 2.14. The Morgan fingerprint density at radius 1 is 1.25 bits per heavy atom. The van der Waals surface area contributed by atoms with Gasteiger partial charge >= 0.3 is 0 Å². The first-order chi connectivity index (χ1) is 5.69. The molecule has 0 aliphatic rings. The highest BCUT2D eigenvalue weighted by atomic mass is 16.3. The van der Waals surface area contributed by atoms with Crippen LogP contribution < -0.4 is 5.73 Å². The molecule has 2 heteroatoms. The van der Waals surface area contributed by atoms with Crippen molar-refractivity contribution in [2.24, 2.45) is 5.73 Å². The molecule has 0 aliphatic heterocycles. The molecule has 66 valence electrons. The number of rotatable bonds is 2. The maximum atomic E-state index is 8.92. The molecule has 3 N–H and O–H groups in total. The van der Waals surface area contributed by atoms with Crippen molar-refractivity contribution in [3.8, 4) is 0 Å². The molecule has 0 spiro atoms. The predicted octanol–water partition coefficient (Wildman–Crippen LogP) is 1.25. The topological polar surface area (TPSA) is 46.2 Å². The van der Waals surface area contributed by atoms with Crippen LogP contribution in [0, 0.1) is 13.8 Å². The average molecular weight is 165 g/mol. The summed E-state index contributed by atoms with van der Waals surface area (Å²) in [7, 11) is 0. The quantitative estimate of drug-likeness (QED) is 0.693. The van der Waals surface area contributed by atoms with Crippen LogP contribution in [-0.4, -0.2) is 5.11 Å². The molecule has 1 aromatic carbocycles. The van der Waals surface area contributed by atoms with E-state index in [9.17, 15) is 0 Å². The van der Waals surface area contributed by atoms with E-state index in [-0.39, 0.29) is 6.61 Å². The summed E-state index contributed by atoms with van der Waals surface area (Å²) in [6, 6.07) is 3.96. The van der Waals surface area contributed by atoms with E-state index in [1.54, 1.807) is 0 Å². The van der Waals surface area contributed by atoms with Crippen molar-refractivity contribution in [3.63, 3.8) is 0 Å². The molecule has 12 heavy (non-hydrogen) atoms. The molecule has 2 nitrogen and oxygen atoms in total. The van der Waals surface area contributed by atoms with E-state index in [0.29, 0.717) is 6.54 Å². The Bertz CT molecular complexity index is 258. The summed E-state index contributed by atoms with van der Waals surface area (Å²) in [4.78, 5) is 0.